The Kier molecular flexibility index (Phi) is 8.52. The van der Waals surface area contributed by atoms with Crippen molar-refractivity contribution in [2.45, 2.75) is 19.3 Å². The second-order valence-corrected chi connectivity index (χ2v) is 4.29. The van der Waals surface area contributed by atoms with Crippen molar-refractivity contribution >= 4 is 33.9 Å². The summed E-state index contributed by atoms with van der Waals surface area (Å²) in [6.07, 6.45) is 3.42. The summed E-state index contributed by atoms with van der Waals surface area (Å²) in [6, 6.07) is 10.5. The molecular formula is C11H17BrN2S. The van der Waals surface area contributed by atoms with Gasteiger partial charge in [0, 0.05) is 5.75 Å². The second kappa shape index (κ2) is 8.80. The molecule has 0 amide bonds. The van der Waals surface area contributed by atoms with E-state index in [0.29, 0.717) is 0 Å². The molecule has 1 rings (SSSR count). The van der Waals surface area contributed by atoms with Crippen molar-refractivity contribution in [3.8, 4) is 0 Å². The van der Waals surface area contributed by atoms with Gasteiger partial charge in [0.15, 0.2) is 5.17 Å². The molecule has 0 aliphatic carbocycles. The summed E-state index contributed by atoms with van der Waals surface area (Å²) >= 11 is 1.43. The van der Waals surface area contributed by atoms with E-state index in [-0.39, 0.29) is 22.1 Å². The summed E-state index contributed by atoms with van der Waals surface area (Å²) < 4.78 is 0. The first-order valence-corrected chi connectivity index (χ1v) is 5.78. The van der Waals surface area contributed by atoms with E-state index < -0.39 is 0 Å². The molecule has 0 radical (unpaired) electrons. The standard InChI is InChI=1S/C11H16N2S.BrH/c12-11(13)14-9-5-4-8-10-6-2-1-3-7-10;/h1-3,6-7H,4-5,8-9H2,(H3,12,13);1H. The normalized spacial score (nSPS) is 9.33. The van der Waals surface area contributed by atoms with Crippen LogP contribution < -0.4 is 5.73 Å². The van der Waals surface area contributed by atoms with Gasteiger partial charge in [0.25, 0.3) is 0 Å². The first-order valence-electron chi connectivity index (χ1n) is 4.80. The Morgan fingerprint density at radius 3 is 2.47 bits per heavy atom. The number of aryl methyl sites for hydroxylation is 1. The number of halogens is 1. The van der Waals surface area contributed by atoms with Crippen LogP contribution in [-0.4, -0.2) is 10.9 Å². The number of hydrogen-bond acceptors (Lipinski definition) is 2. The molecule has 0 fully saturated rings. The van der Waals surface area contributed by atoms with Crippen LogP contribution in [0.25, 0.3) is 0 Å². The van der Waals surface area contributed by atoms with Crippen LogP contribution in [-0.2, 0) is 6.42 Å². The number of amidine groups is 1. The zero-order valence-electron chi connectivity index (χ0n) is 8.61. The summed E-state index contributed by atoms with van der Waals surface area (Å²) in [7, 11) is 0. The van der Waals surface area contributed by atoms with Gasteiger partial charge >= 0.3 is 0 Å². The number of hydrogen-bond donors (Lipinski definition) is 2. The van der Waals surface area contributed by atoms with E-state index in [2.05, 4.69) is 24.3 Å². The number of benzene rings is 1. The molecule has 4 heteroatoms. The second-order valence-electron chi connectivity index (χ2n) is 3.16. The molecule has 0 bridgehead atoms. The minimum atomic E-state index is 0. The van der Waals surface area contributed by atoms with E-state index in [9.17, 15) is 0 Å². The zero-order chi connectivity index (χ0) is 10.2. The fraction of sp³-hybridized carbons (Fsp3) is 0.364. The highest BCUT2D eigenvalue weighted by atomic mass is 79.9. The topological polar surface area (TPSA) is 49.9 Å². The average Bonchev–Trinajstić information content (AvgIpc) is 2.18. The first-order chi connectivity index (χ1) is 6.79. The third-order valence-corrected chi connectivity index (χ3v) is 2.76. The van der Waals surface area contributed by atoms with Gasteiger partial charge in [0.2, 0.25) is 0 Å². The Morgan fingerprint density at radius 2 is 1.87 bits per heavy atom. The van der Waals surface area contributed by atoms with E-state index in [1.165, 1.54) is 23.7 Å². The van der Waals surface area contributed by atoms with Crippen molar-refractivity contribution < 1.29 is 0 Å². The third-order valence-electron chi connectivity index (χ3n) is 1.96. The molecule has 3 N–H and O–H groups in total. The molecule has 0 heterocycles. The number of nitrogens with one attached hydrogen (secondary N) is 1. The molecule has 84 valence electrons. The zero-order valence-corrected chi connectivity index (χ0v) is 11.1. The molecule has 0 saturated carbocycles. The number of unbranched alkanes of at least 4 members (excludes halogenated alkanes) is 1. The summed E-state index contributed by atoms with van der Waals surface area (Å²) in [5.74, 6) is 0.960. The minimum absolute atomic E-state index is 0. The number of thioether (sulfide) groups is 1. The van der Waals surface area contributed by atoms with Crippen LogP contribution in [0.3, 0.4) is 0 Å². The van der Waals surface area contributed by atoms with Crippen LogP contribution in [0.2, 0.25) is 0 Å². The molecule has 0 saturated heterocycles. The Morgan fingerprint density at radius 1 is 1.20 bits per heavy atom. The highest BCUT2D eigenvalue weighted by molar-refractivity contribution is 8.93. The van der Waals surface area contributed by atoms with Crippen LogP contribution >= 0.6 is 28.7 Å². The van der Waals surface area contributed by atoms with E-state index in [1.807, 2.05) is 6.07 Å². The average molecular weight is 289 g/mol. The Hall–Kier alpha value is -0.480. The van der Waals surface area contributed by atoms with Crippen LogP contribution in [0.4, 0.5) is 0 Å². The lowest BCUT2D eigenvalue weighted by atomic mass is 10.1. The maximum Gasteiger partial charge on any atom is 0.151 e. The molecule has 0 aliphatic heterocycles. The van der Waals surface area contributed by atoms with E-state index >= 15 is 0 Å². The molecule has 2 nitrogen and oxygen atoms in total. The fourth-order valence-electron chi connectivity index (χ4n) is 1.26. The van der Waals surface area contributed by atoms with Gasteiger partial charge in [-0.25, -0.2) is 0 Å². The molecule has 0 atom stereocenters. The molecule has 1 aromatic carbocycles. The van der Waals surface area contributed by atoms with Crippen LogP contribution in [0.1, 0.15) is 18.4 Å². The SMILES string of the molecule is Br.N=C(N)SCCCCc1ccccc1. The predicted octanol–water partition coefficient (Wildman–Crippen LogP) is 3.21. The van der Waals surface area contributed by atoms with Crippen molar-refractivity contribution in [1.82, 2.24) is 0 Å². The largest absolute Gasteiger partial charge is 0.379 e. The van der Waals surface area contributed by atoms with E-state index in [1.54, 1.807) is 0 Å². The van der Waals surface area contributed by atoms with Crippen LogP contribution in [0.15, 0.2) is 30.3 Å². The van der Waals surface area contributed by atoms with Gasteiger partial charge in [-0.2, -0.15) is 0 Å². The van der Waals surface area contributed by atoms with E-state index in [4.69, 9.17) is 11.1 Å². The smallest absolute Gasteiger partial charge is 0.151 e. The molecule has 0 aliphatic rings. The summed E-state index contributed by atoms with van der Waals surface area (Å²) in [4.78, 5) is 0. The quantitative estimate of drug-likeness (QED) is 0.497. The van der Waals surface area contributed by atoms with Crippen molar-refractivity contribution in [2.24, 2.45) is 5.73 Å². The van der Waals surface area contributed by atoms with Crippen molar-refractivity contribution in [1.29, 1.82) is 5.41 Å². The van der Waals surface area contributed by atoms with Gasteiger partial charge < -0.3 is 5.73 Å². The Bertz CT molecular complexity index is 277. The van der Waals surface area contributed by atoms with Gasteiger partial charge in [-0.1, -0.05) is 42.1 Å². The highest BCUT2D eigenvalue weighted by Gasteiger charge is 1.94. The van der Waals surface area contributed by atoms with Crippen molar-refractivity contribution in [3.05, 3.63) is 35.9 Å². The summed E-state index contributed by atoms with van der Waals surface area (Å²) in [5.41, 5.74) is 6.62. The Labute approximate surface area is 106 Å². The molecule has 0 aromatic heterocycles. The van der Waals surface area contributed by atoms with Crippen LogP contribution in [0, 0.1) is 5.41 Å². The maximum absolute atomic E-state index is 7.03. The van der Waals surface area contributed by atoms with Crippen molar-refractivity contribution in [2.75, 3.05) is 5.75 Å². The van der Waals surface area contributed by atoms with E-state index in [0.717, 1.165) is 18.6 Å². The lowest BCUT2D eigenvalue weighted by molar-refractivity contribution is 0.803. The van der Waals surface area contributed by atoms with Crippen LogP contribution in [0.5, 0.6) is 0 Å². The summed E-state index contributed by atoms with van der Waals surface area (Å²) in [6.45, 7) is 0. The third kappa shape index (κ3) is 7.45. The summed E-state index contributed by atoms with van der Waals surface area (Å²) in [5, 5.41) is 7.26. The van der Waals surface area contributed by atoms with Gasteiger partial charge in [-0.05, 0) is 24.8 Å². The lowest BCUT2D eigenvalue weighted by Gasteiger charge is -2.00. The lowest BCUT2D eigenvalue weighted by Crippen LogP contribution is -2.04. The van der Waals surface area contributed by atoms with Gasteiger partial charge in [0.05, 0.1) is 0 Å². The Balaban J connectivity index is 0.00000196. The minimum Gasteiger partial charge on any atom is -0.379 e. The highest BCUT2D eigenvalue weighted by Crippen LogP contribution is 2.08. The van der Waals surface area contributed by atoms with Gasteiger partial charge in [-0.3, -0.25) is 5.41 Å². The molecule has 0 unspecified atom stereocenters. The number of nitrogens with two attached hydrogens (primary N) is 1. The predicted molar refractivity (Wildman–Crippen MR) is 74.1 cm³/mol. The monoisotopic (exact) mass is 288 g/mol. The molecule has 15 heavy (non-hydrogen) atoms. The molecular weight excluding hydrogens is 272 g/mol. The molecule has 1 aromatic rings. The fourth-order valence-corrected chi connectivity index (χ4v) is 1.83. The van der Waals surface area contributed by atoms with Gasteiger partial charge in [0.1, 0.15) is 0 Å². The molecule has 0 spiro atoms. The van der Waals surface area contributed by atoms with Crippen molar-refractivity contribution in [3.63, 3.8) is 0 Å². The maximum atomic E-state index is 7.03. The van der Waals surface area contributed by atoms with Gasteiger partial charge in [-0.15, -0.1) is 17.0 Å². The number of rotatable bonds is 5. The first kappa shape index (κ1) is 14.5.